The highest BCUT2D eigenvalue weighted by molar-refractivity contribution is 7.12. The highest BCUT2D eigenvalue weighted by atomic mass is 35.5. The van der Waals surface area contributed by atoms with Gasteiger partial charge >= 0.3 is 0 Å². The van der Waals surface area contributed by atoms with E-state index in [1.807, 2.05) is 0 Å². The lowest BCUT2D eigenvalue weighted by molar-refractivity contribution is 0.409. The van der Waals surface area contributed by atoms with Crippen molar-refractivity contribution in [2.45, 2.75) is 37.5 Å². The largest absolute Gasteiger partial charge is 0.496 e. The molecule has 0 fully saturated rings. The summed E-state index contributed by atoms with van der Waals surface area (Å²) in [4.78, 5) is 2.54. The van der Waals surface area contributed by atoms with Crippen LogP contribution in [0.4, 0.5) is 4.39 Å². The van der Waals surface area contributed by atoms with Crippen molar-refractivity contribution in [1.29, 1.82) is 0 Å². The van der Waals surface area contributed by atoms with E-state index in [1.54, 1.807) is 24.5 Å². The van der Waals surface area contributed by atoms with Crippen molar-refractivity contribution in [3.63, 3.8) is 0 Å². The topological polar surface area (TPSA) is 9.23 Å². The van der Waals surface area contributed by atoms with Gasteiger partial charge in [-0.3, -0.25) is 0 Å². The lowest BCUT2D eigenvalue weighted by Gasteiger charge is -2.13. The fourth-order valence-electron chi connectivity index (χ4n) is 2.87. The van der Waals surface area contributed by atoms with Crippen LogP contribution in [0, 0.1) is 5.82 Å². The van der Waals surface area contributed by atoms with Gasteiger partial charge in [0.25, 0.3) is 0 Å². The minimum atomic E-state index is -0.354. The normalized spacial score (nSPS) is 16.1. The second-order valence-corrected chi connectivity index (χ2v) is 7.01. The lowest BCUT2D eigenvalue weighted by atomic mass is 10.1. The monoisotopic (exact) mass is 324 g/mol. The molecule has 1 aliphatic carbocycles. The van der Waals surface area contributed by atoms with Gasteiger partial charge in [0.05, 0.1) is 12.5 Å². The van der Waals surface area contributed by atoms with Gasteiger partial charge in [-0.25, -0.2) is 4.39 Å². The Kier molecular flexibility index (Phi) is 4.51. The Hall–Kier alpha value is -1.06. The Balaban J connectivity index is 1.95. The van der Waals surface area contributed by atoms with Crippen molar-refractivity contribution in [2.75, 3.05) is 7.11 Å². The molecule has 0 aliphatic heterocycles. The van der Waals surface area contributed by atoms with E-state index >= 15 is 0 Å². The number of fused-ring (bicyclic) bond motifs is 1. The molecule has 0 radical (unpaired) electrons. The molecule has 21 heavy (non-hydrogen) atoms. The van der Waals surface area contributed by atoms with Gasteiger partial charge in [0.1, 0.15) is 11.6 Å². The third-order valence-electron chi connectivity index (χ3n) is 3.98. The third kappa shape index (κ3) is 3.09. The van der Waals surface area contributed by atoms with E-state index in [1.165, 1.54) is 41.8 Å². The second-order valence-electron chi connectivity index (χ2n) is 5.41. The SMILES string of the molecule is COc1ccc(F)cc1C(Cl)c1cc2c(s1)CCCCC2. The number of thiophene rings is 1. The van der Waals surface area contributed by atoms with Gasteiger partial charge < -0.3 is 4.74 Å². The van der Waals surface area contributed by atoms with Crippen LogP contribution >= 0.6 is 22.9 Å². The molecule has 1 aromatic carbocycles. The quantitative estimate of drug-likeness (QED) is 0.535. The first kappa shape index (κ1) is 14.9. The van der Waals surface area contributed by atoms with Crippen LogP contribution in [-0.4, -0.2) is 7.11 Å². The molecule has 1 aliphatic rings. The molecule has 112 valence electrons. The van der Waals surface area contributed by atoms with Gasteiger partial charge in [-0.05, 0) is 55.5 Å². The van der Waals surface area contributed by atoms with E-state index in [-0.39, 0.29) is 11.2 Å². The molecule has 0 spiro atoms. The minimum Gasteiger partial charge on any atom is -0.496 e. The zero-order chi connectivity index (χ0) is 14.8. The van der Waals surface area contributed by atoms with Crippen molar-refractivity contribution in [3.8, 4) is 5.75 Å². The second kappa shape index (κ2) is 6.37. The number of ether oxygens (including phenoxy) is 1. The summed E-state index contributed by atoms with van der Waals surface area (Å²) < 4.78 is 18.8. The molecular formula is C17H18ClFOS. The predicted octanol–water partition coefficient (Wildman–Crippen LogP) is 5.49. The first-order valence-corrected chi connectivity index (χ1v) is 8.53. The Morgan fingerprint density at radius 2 is 2.00 bits per heavy atom. The van der Waals surface area contributed by atoms with Crippen LogP contribution in [-0.2, 0) is 12.8 Å². The number of alkyl halides is 1. The van der Waals surface area contributed by atoms with E-state index in [9.17, 15) is 4.39 Å². The van der Waals surface area contributed by atoms with Gasteiger partial charge in [-0.1, -0.05) is 6.42 Å². The van der Waals surface area contributed by atoms with Crippen LogP contribution in [0.5, 0.6) is 5.75 Å². The molecule has 1 heterocycles. The van der Waals surface area contributed by atoms with E-state index in [0.717, 1.165) is 17.7 Å². The zero-order valence-corrected chi connectivity index (χ0v) is 13.6. The minimum absolute atomic E-state index is 0.283. The van der Waals surface area contributed by atoms with Gasteiger partial charge in [0.2, 0.25) is 0 Å². The fraction of sp³-hybridized carbons (Fsp3) is 0.412. The first-order valence-electron chi connectivity index (χ1n) is 7.28. The number of halogens is 2. The number of aryl methyl sites for hydroxylation is 2. The van der Waals surface area contributed by atoms with E-state index in [0.29, 0.717) is 11.3 Å². The highest BCUT2D eigenvalue weighted by Crippen LogP contribution is 2.41. The Morgan fingerprint density at radius 1 is 1.19 bits per heavy atom. The number of methoxy groups -OCH3 is 1. The van der Waals surface area contributed by atoms with Crippen LogP contribution in [0.15, 0.2) is 24.3 Å². The summed E-state index contributed by atoms with van der Waals surface area (Å²) in [5.74, 6) is 0.356. The molecule has 0 saturated carbocycles. The number of hydrogen-bond acceptors (Lipinski definition) is 2. The summed E-state index contributed by atoms with van der Waals surface area (Å²) in [5, 5.41) is -0.354. The predicted molar refractivity (Wildman–Crippen MR) is 86.2 cm³/mol. The van der Waals surface area contributed by atoms with Gasteiger partial charge in [-0.2, -0.15) is 0 Å². The molecule has 0 N–H and O–H groups in total. The molecule has 0 amide bonds. The van der Waals surface area contributed by atoms with Crippen LogP contribution in [0.3, 0.4) is 0 Å². The molecule has 1 nitrogen and oxygen atoms in total. The average molecular weight is 325 g/mol. The third-order valence-corrected chi connectivity index (χ3v) is 5.88. The smallest absolute Gasteiger partial charge is 0.124 e. The highest BCUT2D eigenvalue weighted by Gasteiger charge is 2.21. The van der Waals surface area contributed by atoms with Crippen molar-refractivity contribution < 1.29 is 9.13 Å². The molecule has 3 rings (SSSR count). The van der Waals surface area contributed by atoms with Crippen LogP contribution in [0.1, 0.15) is 45.5 Å². The first-order chi connectivity index (χ1) is 10.2. The number of benzene rings is 1. The summed E-state index contributed by atoms with van der Waals surface area (Å²) >= 11 is 8.38. The van der Waals surface area contributed by atoms with Crippen molar-refractivity contribution >= 4 is 22.9 Å². The summed E-state index contributed by atoms with van der Waals surface area (Å²) in [6, 6.07) is 6.71. The molecule has 1 atom stereocenters. The van der Waals surface area contributed by atoms with Crippen molar-refractivity contribution in [2.24, 2.45) is 0 Å². The van der Waals surface area contributed by atoms with Crippen molar-refractivity contribution in [1.82, 2.24) is 0 Å². The van der Waals surface area contributed by atoms with Gasteiger partial charge in [0, 0.05) is 15.3 Å². The van der Waals surface area contributed by atoms with E-state index in [2.05, 4.69) is 6.07 Å². The van der Waals surface area contributed by atoms with Crippen molar-refractivity contribution in [3.05, 3.63) is 51.0 Å². The zero-order valence-electron chi connectivity index (χ0n) is 12.0. The summed E-state index contributed by atoms with van der Waals surface area (Å²) in [5.41, 5.74) is 2.13. The molecule has 2 aromatic rings. The van der Waals surface area contributed by atoms with Gasteiger partial charge in [0.15, 0.2) is 0 Å². The summed E-state index contributed by atoms with van der Waals surface area (Å²) in [6.45, 7) is 0. The molecule has 0 saturated heterocycles. The molecule has 4 heteroatoms. The summed E-state index contributed by atoms with van der Waals surface area (Å²) in [7, 11) is 1.59. The van der Waals surface area contributed by atoms with Crippen LogP contribution in [0.25, 0.3) is 0 Å². The number of rotatable bonds is 3. The molecular weight excluding hydrogens is 307 g/mol. The molecule has 0 bridgehead atoms. The lowest BCUT2D eigenvalue weighted by Crippen LogP contribution is -1.97. The standard InChI is InChI=1S/C17H18ClFOS/c1-20-14-8-7-12(19)10-13(14)17(18)16-9-11-5-3-2-4-6-15(11)21-16/h7-10,17H,2-6H2,1H3. The number of hydrogen-bond donors (Lipinski definition) is 0. The van der Waals surface area contributed by atoms with Gasteiger partial charge in [-0.15, -0.1) is 22.9 Å². The maximum absolute atomic E-state index is 13.5. The fourth-order valence-corrected chi connectivity index (χ4v) is 4.49. The Bertz CT molecular complexity index is 614. The average Bonchev–Trinajstić information content (AvgIpc) is 2.77. The maximum atomic E-state index is 13.5. The van der Waals surface area contributed by atoms with Crippen LogP contribution in [0.2, 0.25) is 0 Å². The van der Waals surface area contributed by atoms with Crippen LogP contribution < -0.4 is 4.74 Å². The summed E-state index contributed by atoms with van der Waals surface area (Å²) in [6.07, 6.45) is 6.08. The Morgan fingerprint density at radius 3 is 2.81 bits per heavy atom. The van der Waals surface area contributed by atoms with E-state index < -0.39 is 0 Å². The Labute approximate surface area is 133 Å². The molecule has 1 aromatic heterocycles. The maximum Gasteiger partial charge on any atom is 0.124 e. The molecule has 1 unspecified atom stereocenters. The van der Waals surface area contributed by atoms with E-state index in [4.69, 9.17) is 16.3 Å².